The van der Waals surface area contributed by atoms with E-state index in [1.165, 1.54) is 0 Å². The zero-order valence-corrected chi connectivity index (χ0v) is 21.3. The Morgan fingerprint density at radius 1 is 1.00 bits per heavy atom. The second-order valence-electron chi connectivity index (χ2n) is 10.6. The molecular weight excluding hydrogens is 452 g/mol. The van der Waals surface area contributed by atoms with Crippen LogP contribution in [0.25, 0.3) is 22.4 Å². The molecule has 1 saturated heterocycles. The van der Waals surface area contributed by atoms with Crippen molar-refractivity contribution >= 4 is 22.8 Å². The van der Waals surface area contributed by atoms with Gasteiger partial charge >= 0.3 is 5.69 Å². The third kappa shape index (κ3) is 4.63. The summed E-state index contributed by atoms with van der Waals surface area (Å²) in [6, 6.07) is 15.9. The van der Waals surface area contributed by atoms with Gasteiger partial charge in [-0.3, -0.25) is 18.9 Å². The van der Waals surface area contributed by atoms with E-state index in [1.54, 1.807) is 30.1 Å². The minimum absolute atomic E-state index is 0.0161. The van der Waals surface area contributed by atoms with Crippen molar-refractivity contribution in [2.24, 2.45) is 12.5 Å². The Bertz CT molecular complexity index is 1460. The first-order valence-electron chi connectivity index (χ1n) is 12.3. The molecule has 0 saturated carbocycles. The monoisotopic (exact) mass is 484 g/mol. The maximum Gasteiger partial charge on any atom is 0.330 e. The lowest BCUT2D eigenvalue weighted by molar-refractivity contribution is 0.0746. The number of benzene rings is 1. The first kappa shape index (κ1) is 23.8. The number of aromatic nitrogens is 4. The largest absolute Gasteiger partial charge is 0.368 e. The molecule has 1 amide bonds. The number of amides is 1. The standard InChI is InChI=1S/C28H32N6O2/c1-28(2,3)19-34-24-11-10-23(30-25(24)31(4)27(34)36)20-7-5-9-22(17-20)32-13-15-33(16-14-32)26(35)21-8-6-12-29-18-21/h5-12,17-18H,13-16,19H2,1-4H3. The Morgan fingerprint density at radius 3 is 2.47 bits per heavy atom. The van der Waals surface area contributed by atoms with Crippen LogP contribution in [-0.2, 0) is 13.6 Å². The van der Waals surface area contributed by atoms with E-state index in [-0.39, 0.29) is 17.0 Å². The van der Waals surface area contributed by atoms with Crippen molar-refractivity contribution in [1.29, 1.82) is 0 Å². The molecule has 8 nitrogen and oxygen atoms in total. The molecule has 36 heavy (non-hydrogen) atoms. The fraction of sp³-hybridized carbons (Fsp3) is 0.357. The highest BCUT2D eigenvalue weighted by molar-refractivity contribution is 5.94. The predicted molar refractivity (Wildman–Crippen MR) is 142 cm³/mol. The zero-order valence-electron chi connectivity index (χ0n) is 21.3. The molecule has 1 fully saturated rings. The molecule has 0 N–H and O–H groups in total. The smallest absolute Gasteiger partial charge is 0.330 e. The molecule has 0 radical (unpaired) electrons. The van der Waals surface area contributed by atoms with E-state index in [9.17, 15) is 9.59 Å². The topological polar surface area (TPSA) is 76.3 Å². The number of nitrogens with zero attached hydrogens (tertiary/aromatic N) is 6. The van der Waals surface area contributed by atoms with Crippen molar-refractivity contribution in [2.45, 2.75) is 27.3 Å². The van der Waals surface area contributed by atoms with Crippen molar-refractivity contribution in [2.75, 3.05) is 31.1 Å². The molecule has 1 aliphatic heterocycles. The number of hydrogen-bond donors (Lipinski definition) is 0. The van der Waals surface area contributed by atoms with Gasteiger partial charge in [0.25, 0.3) is 5.91 Å². The molecule has 0 aliphatic carbocycles. The molecule has 1 aliphatic rings. The molecule has 0 bridgehead atoms. The maximum atomic E-state index is 12.9. The summed E-state index contributed by atoms with van der Waals surface area (Å²) in [7, 11) is 1.78. The Labute approximate surface area is 210 Å². The number of imidazole rings is 1. The lowest BCUT2D eigenvalue weighted by Crippen LogP contribution is -2.48. The lowest BCUT2D eigenvalue weighted by atomic mass is 9.97. The highest BCUT2D eigenvalue weighted by Crippen LogP contribution is 2.27. The van der Waals surface area contributed by atoms with Crippen LogP contribution >= 0.6 is 0 Å². The van der Waals surface area contributed by atoms with Crippen LogP contribution in [0.3, 0.4) is 0 Å². The summed E-state index contributed by atoms with van der Waals surface area (Å²) >= 11 is 0. The molecule has 1 aromatic carbocycles. The molecule has 186 valence electrons. The summed E-state index contributed by atoms with van der Waals surface area (Å²) < 4.78 is 3.45. The van der Waals surface area contributed by atoms with Crippen molar-refractivity contribution in [3.63, 3.8) is 0 Å². The van der Waals surface area contributed by atoms with Gasteiger partial charge in [0.15, 0.2) is 5.65 Å². The number of fused-ring (bicyclic) bond motifs is 1. The van der Waals surface area contributed by atoms with E-state index in [0.29, 0.717) is 30.8 Å². The van der Waals surface area contributed by atoms with Crippen LogP contribution in [0.2, 0.25) is 0 Å². The van der Waals surface area contributed by atoms with Crippen LogP contribution in [0.1, 0.15) is 31.1 Å². The lowest BCUT2D eigenvalue weighted by Gasteiger charge is -2.36. The summed E-state index contributed by atoms with van der Waals surface area (Å²) in [5, 5.41) is 0. The number of carbonyl (C=O) groups excluding carboxylic acids is 1. The number of rotatable bonds is 4. The molecule has 3 aromatic heterocycles. The molecule has 0 atom stereocenters. The van der Waals surface area contributed by atoms with Crippen molar-refractivity contribution in [1.82, 2.24) is 24.0 Å². The van der Waals surface area contributed by atoms with Gasteiger partial charge in [-0.05, 0) is 41.8 Å². The SMILES string of the molecule is Cn1c(=O)n(CC(C)(C)C)c2ccc(-c3cccc(N4CCN(C(=O)c5cccnc5)CC4)c3)nc21. The molecule has 8 heteroatoms. The van der Waals surface area contributed by atoms with Gasteiger partial charge in [-0.25, -0.2) is 9.78 Å². The number of pyridine rings is 2. The fourth-order valence-corrected chi connectivity index (χ4v) is 4.76. The van der Waals surface area contributed by atoms with Gasteiger partial charge in [-0.15, -0.1) is 0 Å². The third-order valence-corrected chi connectivity index (χ3v) is 6.60. The van der Waals surface area contributed by atoms with Gasteiger partial charge in [-0.2, -0.15) is 0 Å². The number of anilines is 1. The van der Waals surface area contributed by atoms with Crippen LogP contribution < -0.4 is 10.6 Å². The predicted octanol–water partition coefficient (Wildman–Crippen LogP) is 3.81. The third-order valence-electron chi connectivity index (χ3n) is 6.60. The van der Waals surface area contributed by atoms with E-state index in [1.807, 2.05) is 39.8 Å². The van der Waals surface area contributed by atoms with Gasteiger partial charge < -0.3 is 9.80 Å². The normalized spacial score (nSPS) is 14.4. The number of hydrogen-bond acceptors (Lipinski definition) is 5. The number of aryl methyl sites for hydroxylation is 1. The average Bonchev–Trinajstić information content (AvgIpc) is 3.12. The second-order valence-corrected chi connectivity index (χ2v) is 10.6. The fourth-order valence-electron chi connectivity index (χ4n) is 4.76. The van der Waals surface area contributed by atoms with E-state index in [2.05, 4.69) is 42.8 Å². The summed E-state index contributed by atoms with van der Waals surface area (Å²) in [6.07, 6.45) is 3.30. The van der Waals surface area contributed by atoms with Crippen LogP contribution in [0.4, 0.5) is 5.69 Å². The highest BCUT2D eigenvalue weighted by Gasteiger charge is 2.23. The Balaban J connectivity index is 1.36. The van der Waals surface area contributed by atoms with Crippen molar-refractivity contribution < 1.29 is 4.79 Å². The minimum atomic E-state index is -0.0444. The number of carbonyl (C=O) groups is 1. The Hall–Kier alpha value is -3.94. The van der Waals surface area contributed by atoms with E-state index >= 15 is 0 Å². The van der Waals surface area contributed by atoms with Gasteiger partial charge in [-0.1, -0.05) is 32.9 Å². The van der Waals surface area contributed by atoms with Gasteiger partial charge in [0.1, 0.15) is 0 Å². The highest BCUT2D eigenvalue weighted by atomic mass is 16.2. The van der Waals surface area contributed by atoms with Crippen LogP contribution in [0, 0.1) is 5.41 Å². The molecular formula is C28H32N6O2. The summed E-state index contributed by atoms with van der Waals surface area (Å²) in [6.45, 7) is 9.84. The molecule has 5 rings (SSSR count). The van der Waals surface area contributed by atoms with E-state index in [0.717, 1.165) is 35.6 Å². The summed E-state index contributed by atoms with van der Waals surface area (Å²) in [4.78, 5) is 38.8. The maximum absolute atomic E-state index is 12.9. The zero-order chi connectivity index (χ0) is 25.4. The van der Waals surface area contributed by atoms with Gasteiger partial charge in [0.05, 0.1) is 16.8 Å². The molecule has 4 aromatic rings. The molecule has 0 unspecified atom stereocenters. The van der Waals surface area contributed by atoms with E-state index < -0.39 is 0 Å². The first-order chi connectivity index (χ1) is 17.2. The van der Waals surface area contributed by atoms with Crippen LogP contribution in [0.15, 0.2) is 65.7 Å². The molecule has 0 spiro atoms. The quantitative estimate of drug-likeness (QED) is 0.440. The van der Waals surface area contributed by atoms with Crippen LogP contribution in [0.5, 0.6) is 0 Å². The first-order valence-corrected chi connectivity index (χ1v) is 12.3. The Kier molecular flexibility index (Phi) is 6.12. The minimum Gasteiger partial charge on any atom is -0.368 e. The van der Waals surface area contributed by atoms with Crippen LogP contribution in [-0.4, -0.2) is 56.1 Å². The number of piperazine rings is 1. The van der Waals surface area contributed by atoms with Crippen molar-refractivity contribution in [3.05, 3.63) is 77.0 Å². The average molecular weight is 485 g/mol. The van der Waals surface area contributed by atoms with E-state index in [4.69, 9.17) is 4.98 Å². The summed E-state index contributed by atoms with van der Waals surface area (Å²) in [5.41, 5.74) is 5.04. The second kappa shape index (κ2) is 9.26. The molecule has 4 heterocycles. The van der Waals surface area contributed by atoms with Crippen molar-refractivity contribution in [3.8, 4) is 11.3 Å². The Morgan fingerprint density at radius 2 is 1.78 bits per heavy atom. The summed E-state index contributed by atoms with van der Waals surface area (Å²) in [5.74, 6) is 0.0259. The van der Waals surface area contributed by atoms with Gasteiger partial charge in [0.2, 0.25) is 0 Å². The van der Waals surface area contributed by atoms with Gasteiger partial charge in [0, 0.05) is 63.4 Å².